The highest BCUT2D eigenvalue weighted by Gasteiger charge is 2.18. The summed E-state index contributed by atoms with van der Waals surface area (Å²) in [6, 6.07) is 9.67. The van der Waals surface area contributed by atoms with Gasteiger partial charge in [-0.3, -0.25) is 9.48 Å². The van der Waals surface area contributed by atoms with Gasteiger partial charge >= 0.3 is 0 Å². The van der Waals surface area contributed by atoms with Gasteiger partial charge < -0.3 is 5.32 Å². The molecule has 2 heterocycles. The average Bonchev–Trinajstić information content (AvgIpc) is 3.15. The van der Waals surface area contributed by atoms with Gasteiger partial charge in [0.2, 0.25) is 0 Å². The van der Waals surface area contributed by atoms with Crippen molar-refractivity contribution in [3.05, 3.63) is 53.5 Å². The van der Waals surface area contributed by atoms with Gasteiger partial charge in [0.15, 0.2) is 5.69 Å². The first-order valence-corrected chi connectivity index (χ1v) is 7.57. The summed E-state index contributed by atoms with van der Waals surface area (Å²) in [5, 5.41) is 11.0. The van der Waals surface area contributed by atoms with Gasteiger partial charge in [-0.1, -0.05) is 34.8 Å². The first-order chi connectivity index (χ1) is 10.7. The highest BCUT2D eigenvalue weighted by molar-refractivity contribution is 7.09. The molecule has 2 aromatic heterocycles. The number of benzene rings is 1. The summed E-state index contributed by atoms with van der Waals surface area (Å²) >= 11 is 1.22. The van der Waals surface area contributed by atoms with Gasteiger partial charge in [-0.15, -0.1) is 5.10 Å². The maximum atomic E-state index is 12.4. The van der Waals surface area contributed by atoms with E-state index in [1.54, 1.807) is 10.9 Å². The summed E-state index contributed by atoms with van der Waals surface area (Å²) in [6.07, 6.45) is 1.76. The summed E-state index contributed by atoms with van der Waals surface area (Å²) in [5.74, 6) is -0.226. The van der Waals surface area contributed by atoms with Crippen molar-refractivity contribution in [3.8, 4) is 10.4 Å². The summed E-state index contributed by atoms with van der Waals surface area (Å²) in [6.45, 7) is 2.39. The first kappa shape index (κ1) is 14.4. The molecule has 0 saturated heterocycles. The van der Waals surface area contributed by atoms with Crippen LogP contribution in [0.3, 0.4) is 0 Å². The summed E-state index contributed by atoms with van der Waals surface area (Å²) in [5.41, 5.74) is 3.32. The molecule has 0 aliphatic carbocycles. The Morgan fingerprint density at radius 2 is 2.09 bits per heavy atom. The molecule has 1 N–H and O–H groups in total. The fourth-order valence-corrected chi connectivity index (χ4v) is 2.76. The smallest absolute Gasteiger partial charge is 0.273 e. The van der Waals surface area contributed by atoms with E-state index in [9.17, 15) is 4.79 Å². The van der Waals surface area contributed by atoms with Gasteiger partial charge in [-0.25, -0.2) is 0 Å². The molecular weight excluding hydrogens is 298 g/mol. The number of carbonyl (C=O) groups is 1. The molecule has 7 heteroatoms. The number of hydrogen-bond acceptors (Lipinski definition) is 5. The maximum Gasteiger partial charge on any atom is 0.273 e. The minimum atomic E-state index is -0.226. The second-order valence-corrected chi connectivity index (χ2v) is 5.63. The van der Waals surface area contributed by atoms with Crippen LogP contribution < -0.4 is 5.32 Å². The van der Waals surface area contributed by atoms with Gasteiger partial charge in [0.05, 0.1) is 11.1 Å². The lowest BCUT2D eigenvalue weighted by molar-refractivity contribution is 0.0946. The predicted molar refractivity (Wildman–Crippen MR) is 84.5 cm³/mol. The Labute approximate surface area is 132 Å². The van der Waals surface area contributed by atoms with E-state index in [0.717, 1.165) is 21.7 Å². The van der Waals surface area contributed by atoms with Crippen molar-refractivity contribution in [1.82, 2.24) is 24.7 Å². The molecule has 0 bridgehead atoms. The van der Waals surface area contributed by atoms with Crippen LogP contribution >= 0.6 is 11.5 Å². The van der Waals surface area contributed by atoms with Crippen molar-refractivity contribution in [2.24, 2.45) is 7.05 Å². The standard InChI is InChI=1S/C15H15N5OS/c1-10-12(9-17-20(10)2)8-16-15(21)13-14(22-19-18-13)11-6-4-3-5-7-11/h3-7,9H,8H2,1-2H3,(H,16,21). The summed E-state index contributed by atoms with van der Waals surface area (Å²) in [4.78, 5) is 13.1. The van der Waals surface area contributed by atoms with Crippen LogP contribution in [0.15, 0.2) is 36.5 Å². The van der Waals surface area contributed by atoms with Gasteiger partial charge in [0, 0.05) is 24.8 Å². The fourth-order valence-electron chi connectivity index (χ4n) is 2.10. The first-order valence-electron chi connectivity index (χ1n) is 6.80. The lowest BCUT2D eigenvalue weighted by Gasteiger charge is -2.04. The second-order valence-electron chi connectivity index (χ2n) is 4.88. The lowest BCUT2D eigenvalue weighted by atomic mass is 10.1. The molecule has 0 radical (unpaired) electrons. The molecular formula is C15H15N5OS. The molecule has 0 aliphatic heterocycles. The number of rotatable bonds is 4. The van der Waals surface area contributed by atoms with E-state index in [4.69, 9.17) is 0 Å². The number of amides is 1. The van der Waals surface area contributed by atoms with Gasteiger partial charge in [-0.2, -0.15) is 5.10 Å². The number of nitrogens with zero attached hydrogens (tertiary/aromatic N) is 4. The molecule has 3 aromatic rings. The van der Waals surface area contributed by atoms with Crippen molar-refractivity contribution in [3.63, 3.8) is 0 Å². The molecule has 0 atom stereocenters. The van der Waals surface area contributed by atoms with Gasteiger partial charge in [-0.05, 0) is 24.0 Å². The molecule has 0 unspecified atom stereocenters. The van der Waals surface area contributed by atoms with Crippen molar-refractivity contribution >= 4 is 17.4 Å². The van der Waals surface area contributed by atoms with Crippen LogP contribution in [0.1, 0.15) is 21.7 Å². The fraction of sp³-hybridized carbons (Fsp3) is 0.200. The van der Waals surface area contributed by atoms with Crippen LogP contribution in [0.5, 0.6) is 0 Å². The topological polar surface area (TPSA) is 72.7 Å². The lowest BCUT2D eigenvalue weighted by Crippen LogP contribution is -2.24. The number of carbonyl (C=O) groups excluding carboxylic acids is 1. The van der Waals surface area contributed by atoms with E-state index >= 15 is 0 Å². The Morgan fingerprint density at radius 3 is 2.77 bits per heavy atom. The molecule has 0 saturated carbocycles. The van der Waals surface area contributed by atoms with E-state index in [1.807, 2.05) is 44.3 Å². The summed E-state index contributed by atoms with van der Waals surface area (Å²) < 4.78 is 5.69. The monoisotopic (exact) mass is 313 g/mol. The SMILES string of the molecule is Cc1c(CNC(=O)c2nnsc2-c2ccccc2)cnn1C. The molecule has 0 fully saturated rings. The van der Waals surface area contributed by atoms with Crippen LogP contribution in [0.4, 0.5) is 0 Å². The quantitative estimate of drug-likeness (QED) is 0.801. The zero-order chi connectivity index (χ0) is 15.5. The average molecular weight is 313 g/mol. The zero-order valence-corrected chi connectivity index (χ0v) is 13.1. The molecule has 0 aliphatic rings. The Bertz CT molecular complexity index is 793. The number of hydrogen-bond donors (Lipinski definition) is 1. The van der Waals surface area contributed by atoms with Crippen LogP contribution in [-0.4, -0.2) is 25.3 Å². The normalized spacial score (nSPS) is 10.6. The van der Waals surface area contributed by atoms with Crippen molar-refractivity contribution in [2.75, 3.05) is 0 Å². The molecule has 0 spiro atoms. The third-order valence-corrected chi connectivity index (χ3v) is 4.29. The van der Waals surface area contributed by atoms with Crippen molar-refractivity contribution in [1.29, 1.82) is 0 Å². The Hall–Kier alpha value is -2.54. The number of nitrogens with one attached hydrogen (secondary N) is 1. The highest BCUT2D eigenvalue weighted by atomic mass is 32.1. The largest absolute Gasteiger partial charge is 0.346 e. The molecule has 112 valence electrons. The Morgan fingerprint density at radius 1 is 1.32 bits per heavy atom. The Kier molecular flexibility index (Phi) is 3.97. The highest BCUT2D eigenvalue weighted by Crippen LogP contribution is 2.25. The van der Waals surface area contributed by atoms with Crippen LogP contribution in [0, 0.1) is 6.92 Å². The van der Waals surface area contributed by atoms with E-state index in [-0.39, 0.29) is 5.91 Å². The minimum absolute atomic E-state index is 0.226. The molecule has 1 aromatic carbocycles. The van der Waals surface area contributed by atoms with E-state index in [2.05, 4.69) is 20.0 Å². The Balaban J connectivity index is 1.76. The molecule has 3 rings (SSSR count). The van der Waals surface area contributed by atoms with Crippen LogP contribution in [0.25, 0.3) is 10.4 Å². The van der Waals surface area contributed by atoms with Crippen LogP contribution in [-0.2, 0) is 13.6 Å². The van der Waals surface area contributed by atoms with Crippen molar-refractivity contribution in [2.45, 2.75) is 13.5 Å². The number of aryl methyl sites for hydroxylation is 1. The zero-order valence-electron chi connectivity index (χ0n) is 12.3. The molecule has 22 heavy (non-hydrogen) atoms. The predicted octanol–water partition coefficient (Wildman–Crippen LogP) is 2.18. The van der Waals surface area contributed by atoms with E-state index in [1.165, 1.54) is 11.5 Å². The van der Waals surface area contributed by atoms with Crippen LogP contribution in [0.2, 0.25) is 0 Å². The van der Waals surface area contributed by atoms with E-state index < -0.39 is 0 Å². The second kappa shape index (κ2) is 6.07. The molecule has 6 nitrogen and oxygen atoms in total. The molecule has 1 amide bonds. The maximum absolute atomic E-state index is 12.4. The minimum Gasteiger partial charge on any atom is -0.346 e. The number of aromatic nitrogens is 4. The summed E-state index contributed by atoms with van der Waals surface area (Å²) in [7, 11) is 1.87. The van der Waals surface area contributed by atoms with Crippen molar-refractivity contribution < 1.29 is 4.79 Å². The van der Waals surface area contributed by atoms with E-state index in [0.29, 0.717) is 12.2 Å². The third kappa shape index (κ3) is 2.75. The third-order valence-electron chi connectivity index (χ3n) is 3.52. The van der Waals surface area contributed by atoms with Gasteiger partial charge in [0.1, 0.15) is 0 Å². The van der Waals surface area contributed by atoms with Gasteiger partial charge in [0.25, 0.3) is 5.91 Å².